The van der Waals surface area contributed by atoms with E-state index in [1.54, 1.807) is 12.4 Å². The van der Waals surface area contributed by atoms with E-state index in [0.29, 0.717) is 0 Å². The number of rotatable bonds is 3. The Kier molecular flexibility index (Phi) is 4.63. The smallest absolute Gasteiger partial charge is 0.115 e. The second-order valence-corrected chi connectivity index (χ2v) is 2.89. The minimum absolute atomic E-state index is 0.902. The van der Waals surface area contributed by atoms with Crippen molar-refractivity contribution in [3.8, 4) is 11.8 Å². The molecule has 0 unspecified atom stereocenters. The molecule has 1 rings (SSSR count). The van der Waals surface area contributed by atoms with Crippen molar-refractivity contribution in [1.29, 1.82) is 0 Å². The van der Waals surface area contributed by atoms with Crippen LogP contribution in [0.1, 0.15) is 38.2 Å². The largest absolute Gasteiger partial charge is 0.244 e. The molecule has 0 spiro atoms. The fourth-order valence-electron chi connectivity index (χ4n) is 0.992. The molecule has 0 aliphatic rings. The summed E-state index contributed by atoms with van der Waals surface area (Å²) in [6.07, 6.45) is 9.66. The number of nitrogens with zero attached hydrogens (tertiary/aromatic N) is 2. The van der Waals surface area contributed by atoms with E-state index in [4.69, 9.17) is 0 Å². The summed E-state index contributed by atoms with van der Waals surface area (Å²) in [5.74, 6) is 6.14. The Morgan fingerprint density at radius 3 is 2.69 bits per heavy atom. The van der Waals surface area contributed by atoms with Crippen LogP contribution in [0.2, 0.25) is 0 Å². The van der Waals surface area contributed by atoms with E-state index in [0.717, 1.165) is 12.0 Å². The van der Waals surface area contributed by atoms with Crippen molar-refractivity contribution in [3.63, 3.8) is 0 Å². The van der Waals surface area contributed by atoms with Crippen molar-refractivity contribution in [2.24, 2.45) is 0 Å². The fraction of sp³-hybridized carbons (Fsp3) is 0.455. The van der Waals surface area contributed by atoms with Crippen molar-refractivity contribution < 1.29 is 0 Å². The molecule has 0 aromatic carbocycles. The maximum atomic E-state index is 3.89. The highest BCUT2D eigenvalue weighted by Gasteiger charge is 1.84. The molecular formula is C11H14N2. The third kappa shape index (κ3) is 4.27. The van der Waals surface area contributed by atoms with Crippen molar-refractivity contribution in [2.75, 3.05) is 0 Å². The predicted molar refractivity (Wildman–Crippen MR) is 53.1 cm³/mol. The van der Waals surface area contributed by atoms with Gasteiger partial charge in [0.2, 0.25) is 0 Å². The zero-order chi connectivity index (χ0) is 9.36. The molecule has 13 heavy (non-hydrogen) atoms. The van der Waals surface area contributed by atoms with Crippen LogP contribution in [0, 0.1) is 11.8 Å². The Balaban J connectivity index is 2.31. The van der Waals surface area contributed by atoms with Crippen LogP contribution in [0.5, 0.6) is 0 Å². The number of hydrogen-bond acceptors (Lipinski definition) is 2. The van der Waals surface area contributed by atoms with Crippen LogP contribution in [-0.2, 0) is 0 Å². The lowest BCUT2D eigenvalue weighted by atomic mass is 10.2. The molecule has 0 aliphatic heterocycles. The molecule has 0 atom stereocenters. The lowest BCUT2D eigenvalue weighted by Crippen LogP contribution is -1.79. The minimum atomic E-state index is 0.902. The normalized spacial score (nSPS) is 9.00. The molecular weight excluding hydrogens is 160 g/mol. The van der Waals surface area contributed by atoms with E-state index in [1.165, 1.54) is 25.6 Å². The summed E-state index contributed by atoms with van der Waals surface area (Å²) in [6.45, 7) is 2.19. The maximum Gasteiger partial charge on any atom is 0.115 e. The summed E-state index contributed by atoms with van der Waals surface area (Å²) in [5, 5.41) is 0. The van der Waals surface area contributed by atoms with Gasteiger partial charge in [0.05, 0.1) is 5.56 Å². The second kappa shape index (κ2) is 6.19. The quantitative estimate of drug-likeness (QED) is 0.519. The Morgan fingerprint density at radius 1 is 1.23 bits per heavy atom. The van der Waals surface area contributed by atoms with Gasteiger partial charge in [0.1, 0.15) is 6.33 Å². The van der Waals surface area contributed by atoms with Gasteiger partial charge >= 0.3 is 0 Å². The third-order valence-electron chi connectivity index (χ3n) is 1.70. The van der Waals surface area contributed by atoms with E-state index in [-0.39, 0.29) is 0 Å². The Bertz CT molecular complexity index is 282. The molecule has 1 aromatic heterocycles. The zero-order valence-corrected chi connectivity index (χ0v) is 7.95. The van der Waals surface area contributed by atoms with Gasteiger partial charge in [-0.05, 0) is 6.42 Å². The summed E-state index contributed by atoms with van der Waals surface area (Å²) in [4.78, 5) is 7.77. The van der Waals surface area contributed by atoms with Crippen molar-refractivity contribution in [1.82, 2.24) is 9.97 Å². The summed E-state index contributed by atoms with van der Waals surface area (Å²) >= 11 is 0. The number of unbranched alkanes of at least 4 members (excludes halogenated alkanes) is 3. The molecule has 1 heterocycles. The van der Waals surface area contributed by atoms with E-state index in [1.807, 2.05) is 0 Å². The van der Waals surface area contributed by atoms with Crippen LogP contribution in [0.3, 0.4) is 0 Å². The van der Waals surface area contributed by atoms with Crippen molar-refractivity contribution in [2.45, 2.75) is 32.6 Å². The summed E-state index contributed by atoms with van der Waals surface area (Å²) in [7, 11) is 0. The van der Waals surface area contributed by atoms with Gasteiger partial charge in [-0.1, -0.05) is 31.6 Å². The number of aromatic nitrogens is 2. The van der Waals surface area contributed by atoms with Crippen LogP contribution >= 0.6 is 0 Å². The van der Waals surface area contributed by atoms with Gasteiger partial charge < -0.3 is 0 Å². The molecule has 0 bridgehead atoms. The minimum Gasteiger partial charge on any atom is -0.244 e. The average Bonchev–Trinajstić information content (AvgIpc) is 2.19. The zero-order valence-electron chi connectivity index (χ0n) is 7.95. The summed E-state index contributed by atoms with van der Waals surface area (Å²) in [5.41, 5.74) is 0.902. The Hall–Kier alpha value is -1.36. The van der Waals surface area contributed by atoms with Crippen LogP contribution in [0.25, 0.3) is 0 Å². The first kappa shape index (κ1) is 9.73. The first-order chi connectivity index (χ1) is 6.43. The van der Waals surface area contributed by atoms with Gasteiger partial charge in [-0.3, -0.25) is 0 Å². The lowest BCUT2D eigenvalue weighted by molar-refractivity contribution is 0.737. The summed E-state index contributed by atoms with van der Waals surface area (Å²) in [6, 6.07) is 0. The third-order valence-corrected chi connectivity index (χ3v) is 1.70. The molecule has 0 amide bonds. The first-order valence-electron chi connectivity index (χ1n) is 4.67. The van der Waals surface area contributed by atoms with Gasteiger partial charge in [-0.25, -0.2) is 9.97 Å². The van der Waals surface area contributed by atoms with E-state index in [9.17, 15) is 0 Å². The van der Waals surface area contributed by atoms with Crippen LogP contribution in [0.4, 0.5) is 0 Å². The monoisotopic (exact) mass is 174 g/mol. The summed E-state index contributed by atoms with van der Waals surface area (Å²) < 4.78 is 0. The molecule has 2 nitrogen and oxygen atoms in total. The maximum absolute atomic E-state index is 3.89. The van der Waals surface area contributed by atoms with Gasteiger partial charge in [-0.2, -0.15) is 0 Å². The SMILES string of the molecule is CCCCCC#Cc1cncnc1. The predicted octanol–water partition coefficient (Wildman–Crippen LogP) is 2.41. The van der Waals surface area contributed by atoms with Gasteiger partial charge in [0.15, 0.2) is 0 Å². The van der Waals surface area contributed by atoms with Crippen LogP contribution in [-0.4, -0.2) is 9.97 Å². The second-order valence-electron chi connectivity index (χ2n) is 2.89. The van der Waals surface area contributed by atoms with Gasteiger partial charge in [-0.15, -0.1) is 0 Å². The van der Waals surface area contributed by atoms with Crippen molar-refractivity contribution >= 4 is 0 Å². The molecule has 68 valence electrons. The van der Waals surface area contributed by atoms with Crippen LogP contribution in [0.15, 0.2) is 18.7 Å². The molecule has 1 aromatic rings. The van der Waals surface area contributed by atoms with Gasteiger partial charge in [0.25, 0.3) is 0 Å². The van der Waals surface area contributed by atoms with E-state index < -0.39 is 0 Å². The van der Waals surface area contributed by atoms with E-state index >= 15 is 0 Å². The standard InChI is InChI=1S/C11H14N2/c1-2-3-4-5-6-7-11-8-12-10-13-9-11/h8-10H,2-5H2,1H3. The average molecular weight is 174 g/mol. The lowest BCUT2D eigenvalue weighted by Gasteiger charge is -1.88. The molecule has 0 saturated heterocycles. The number of hydrogen-bond donors (Lipinski definition) is 0. The fourth-order valence-corrected chi connectivity index (χ4v) is 0.992. The highest BCUT2D eigenvalue weighted by atomic mass is 14.8. The highest BCUT2D eigenvalue weighted by Crippen LogP contribution is 1.97. The molecule has 0 saturated carbocycles. The van der Waals surface area contributed by atoms with E-state index in [2.05, 4.69) is 28.7 Å². The van der Waals surface area contributed by atoms with Crippen molar-refractivity contribution in [3.05, 3.63) is 24.3 Å². The van der Waals surface area contributed by atoms with Gasteiger partial charge in [0, 0.05) is 18.8 Å². The highest BCUT2D eigenvalue weighted by molar-refractivity contribution is 5.28. The molecule has 2 heteroatoms. The molecule has 0 radical (unpaired) electrons. The molecule has 0 aliphatic carbocycles. The first-order valence-corrected chi connectivity index (χ1v) is 4.67. The Morgan fingerprint density at radius 2 is 2.00 bits per heavy atom. The molecule has 0 N–H and O–H groups in total. The van der Waals surface area contributed by atoms with Crippen LogP contribution < -0.4 is 0 Å². The Labute approximate surface area is 79.4 Å². The topological polar surface area (TPSA) is 25.8 Å². The molecule has 0 fully saturated rings.